The largest absolute Gasteiger partial charge is 0.495 e. The van der Waals surface area contributed by atoms with Gasteiger partial charge in [-0.05, 0) is 55.2 Å². The van der Waals surface area contributed by atoms with Crippen LogP contribution in [0.2, 0.25) is 0 Å². The van der Waals surface area contributed by atoms with Crippen molar-refractivity contribution in [3.63, 3.8) is 0 Å². The van der Waals surface area contributed by atoms with Crippen LogP contribution in [0.25, 0.3) is 0 Å². The lowest BCUT2D eigenvalue weighted by molar-refractivity contribution is 0.188. The molecule has 2 aliphatic rings. The summed E-state index contributed by atoms with van der Waals surface area (Å²) in [6, 6.07) is 11.7. The second kappa shape index (κ2) is 9.30. The number of nitrogens with one attached hydrogen (secondary N) is 2. The van der Waals surface area contributed by atoms with Crippen LogP contribution in [0.5, 0.6) is 5.75 Å². The van der Waals surface area contributed by atoms with Crippen molar-refractivity contribution < 1.29 is 22.7 Å². The second-order valence-corrected chi connectivity index (χ2v) is 10.3. The highest BCUT2D eigenvalue weighted by Gasteiger charge is 2.29. The van der Waals surface area contributed by atoms with Crippen LogP contribution >= 0.6 is 0 Å². The lowest BCUT2D eigenvalue weighted by Crippen LogP contribution is -2.50. The summed E-state index contributed by atoms with van der Waals surface area (Å²) in [7, 11) is -1.73. The molecular formula is C23H28N4O5S. The molecule has 0 radical (unpaired) electrons. The molecule has 9 nitrogen and oxygen atoms in total. The Morgan fingerprint density at radius 1 is 1.03 bits per heavy atom. The second-order valence-electron chi connectivity index (χ2n) is 8.31. The SMILES string of the molecule is COc1ccccc1NC(=O)N1CCC(NC(=O)N2CCc3cc(S(C)(=O)=O)ccc32)CC1. The standard InChI is InChI=1S/C23H28N4O5S/c1-32-21-6-4-3-5-19(21)25-22(28)26-12-10-17(11-13-26)24-23(29)27-14-9-16-15-18(33(2,30)31)7-8-20(16)27/h3-8,15,17H,9-14H2,1-2H3,(H,24,29)(H,25,28). The molecule has 1 fully saturated rings. The van der Waals surface area contributed by atoms with E-state index in [1.807, 2.05) is 12.1 Å². The third-order valence-corrected chi connectivity index (χ3v) is 7.19. The fourth-order valence-electron chi connectivity index (χ4n) is 4.24. The number of sulfone groups is 1. The highest BCUT2D eigenvalue weighted by atomic mass is 32.2. The molecule has 4 rings (SSSR count). The van der Waals surface area contributed by atoms with E-state index in [0.717, 1.165) is 11.3 Å². The van der Waals surface area contributed by atoms with Gasteiger partial charge in [-0.3, -0.25) is 4.90 Å². The van der Waals surface area contributed by atoms with E-state index in [9.17, 15) is 18.0 Å². The van der Waals surface area contributed by atoms with Crippen LogP contribution in [0.4, 0.5) is 21.0 Å². The topological polar surface area (TPSA) is 108 Å². The quantitative estimate of drug-likeness (QED) is 0.711. The number of carbonyl (C=O) groups excluding carboxylic acids is 2. The number of para-hydroxylation sites is 2. The van der Waals surface area contributed by atoms with Crippen LogP contribution in [0.3, 0.4) is 0 Å². The first-order chi connectivity index (χ1) is 15.8. The van der Waals surface area contributed by atoms with Crippen molar-refractivity contribution >= 4 is 33.3 Å². The Labute approximate surface area is 193 Å². The molecule has 33 heavy (non-hydrogen) atoms. The molecule has 2 N–H and O–H groups in total. The first-order valence-electron chi connectivity index (χ1n) is 10.9. The third kappa shape index (κ3) is 5.05. The number of hydrogen-bond acceptors (Lipinski definition) is 5. The minimum absolute atomic E-state index is 0.0350. The van der Waals surface area contributed by atoms with Crippen molar-refractivity contribution in [1.82, 2.24) is 10.2 Å². The van der Waals surface area contributed by atoms with Gasteiger partial charge < -0.3 is 20.3 Å². The maximum Gasteiger partial charge on any atom is 0.322 e. The van der Waals surface area contributed by atoms with Gasteiger partial charge in [-0.25, -0.2) is 18.0 Å². The third-order valence-electron chi connectivity index (χ3n) is 6.08. The molecule has 2 heterocycles. The van der Waals surface area contributed by atoms with Gasteiger partial charge in [0.05, 0.1) is 17.7 Å². The molecule has 176 valence electrons. The number of carbonyl (C=O) groups is 2. The first kappa shape index (κ1) is 22.9. The minimum atomic E-state index is -3.28. The molecule has 0 saturated carbocycles. The Morgan fingerprint density at radius 3 is 2.45 bits per heavy atom. The van der Waals surface area contributed by atoms with Crippen molar-refractivity contribution in [1.29, 1.82) is 0 Å². The van der Waals surface area contributed by atoms with Gasteiger partial charge in [0.2, 0.25) is 0 Å². The summed E-state index contributed by atoms with van der Waals surface area (Å²) in [4.78, 5) is 29.2. The molecule has 4 amide bonds. The number of piperidine rings is 1. The maximum absolute atomic E-state index is 12.9. The molecule has 1 saturated heterocycles. The number of nitrogens with zero attached hydrogens (tertiary/aromatic N) is 2. The summed E-state index contributed by atoms with van der Waals surface area (Å²) in [6.45, 7) is 1.56. The van der Waals surface area contributed by atoms with Crippen LogP contribution in [-0.2, 0) is 16.3 Å². The normalized spacial score (nSPS) is 16.3. The van der Waals surface area contributed by atoms with E-state index in [1.54, 1.807) is 47.2 Å². The zero-order chi connectivity index (χ0) is 23.6. The average Bonchev–Trinajstić information content (AvgIpc) is 3.23. The summed E-state index contributed by atoms with van der Waals surface area (Å²) < 4.78 is 28.9. The maximum atomic E-state index is 12.9. The van der Waals surface area contributed by atoms with Crippen molar-refractivity contribution in [2.45, 2.75) is 30.2 Å². The van der Waals surface area contributed by atoms with Gasteiger partial charge in [-0.15, -0.1) is 0 Å². The predicted molar refractivity (Wildman–Crippen MR) is 126 cm³/mol. The summed E-state index contributed by atoms with van der Waals surface area (Å²) in [5.41, 5.74) is 2.22. The molecule has 0 atom stereocenters. The zero-order valence-electron chi connectivity index (χ0n) is 18.7. The Morgan fingerprint density at radius 2 is 1.76 bits per heavy atom. The van der Waals surface area contributed by atoms with Gasteiger partial charge in [0.1, 0.15) is 5.75 Å². The van der Waals surface area contributed by atoms with E-state index in [0.29, 0.717) is 50.3 Å². The highest BCUT2D eigenvalue weighted by Crippen LogP contribution is 2.30. The number of amides is 4. The molecule has 0 spiro atoms. The van der Waals surface area contributed by atoms with E-state index in [-0.39, 0.29) is 23.0 Å². The summed E-state index contributed by atoms with van der Waals surface area (Å²) in [5, 5.41) is 5.95. The molecule has 0 aliphatic carbocycles. The lowest BCUT2D eigenvalue weighted by atomic mass is 10.1. The van der Waals surface area contributed by atoms with Crippen LogP contribution in [0, 0.1) is 0 Å². The van der Waals surface area contributed by atoms with E-state index >= 15 is 0 Å². The Balaban J connectivity index is 1.31. The fraction of sp³-hybridized carbons (Fsp3) is 0.391. The van der Waals surface area contributed by atoms with Crippen molar-refractivity contribution in [3.8, 4) is 5.75 Å². The molecule has 0 bridgehead atoms. The average molecular weight is 473 g/mol. The lowest BCUT2D eigenvalue weighted by Gasteiger charge is -2.33. The number of benzene rings is 2. The number of likely N-dealkylation sites (tertiary alicyclic amines) is 1. The molecule has 10 heteroatoms. The monoisotopic (exact) mass is 472 g/mol. The summed E-state index contributed by atoms with van der Waals surface area (Å²) in [5.74, 6) is 0.600. The number of ether oxygens (including phenoxy) is 1. The minimum Gasteiger partial charge on any atom is -0.495 e. The molecule has 2 aromatic rings. The molecule has 0 unspecified atom stereocenters. The van der Waals surface area contributed by atoms with Crippen LogP contribution in [0.1, 0.15) is 18.4 Å². The smallest absolute Gasteiger partial charge is 0.322 e. The van der Waals surface area contributed by atoms with Crippen LogP contribution in [0.15, 0.2) is 47.4 Å². The van der Waals surface area contributed by atoms with E-state index in [1.165, 1.54) is 6.26 Å². The first-order valence-corrected chi connectivity index (χ1v) is 12.8. The van der Waals surface area contributed by atoms with Crippen molar-refractivity contribution in [2.75, 3.05) is 43.2 Å². The molecule has 0 aromatic heterocycles. The van der Waals surface area contributed by atoms with E-state index < -0.39 is 9.84 Å². The predicted octanol–water partition coefficient (Wildman–Crippen LogP) is 2.87. The van der Waals surface area contributed by atoms with Gasteiger partial charge in [-0.2, -0.15) is 0 Å². The van der Waals surface area contributed by atoms with Gasteiger partial charge in [0, 0.05) is 37.6 Å². The zero-order valence-corrected chi connectivity index (χ0v) is 19.5. The van der Waals surface area contributed by atoms with Crippen molar-refractivity contribution in [3.05, 3.63) is 48.0 Å². The molecule has 2 aromatic carbocycles. The van der Waals surface area contributed by atoms with Crippen molar-refractivity contribution in [2.24, 2.45) is 0 Å². The fourth-order valence-corrected chi connectivity index (χ4v) is 4.91. The number of methoxy groups -OCH3 is 1. The molecular weight excluding hydrogens is 444 g/mol. The number of urea groups is 2. The molecule has 2 aliphatic heterocycles. The number of rotatable bonds is 4. The Kier molecular flexibility index (Phi) is 6.46. The van der Waals surface area contributed by atoms with Crippen LogP contribution in [-0.4, -0.2) is 64.4 Å². The number of fused-ring (bicyclic) bond motifs is 1. The van der Waals surface area contributed by atoms with Gasteiger partial charge >= 0.3 is 12.1 Å². The van der Waals surface area contributed by atoms with E-state index in [4.69, 9.17) is 4.74 Å². The van der Waals surface area contributed by atoms with Crippen LogP contribution < -0.4 is 20.3 Å². The number of anilines is 2. The van der Waals surface area contributed by atoms with E-state index in [2.05, 4.69) is 10.6 Å². The summed E-state index contributed by atoms with van der Waals surface area (Å²) >= 11 is 0. The Hall–Kier alpha value is -3.27. The summed E-state index contributed by atoms with van der Waals surface area (Å²) in [6.07, 6.45) is 3.10. The Bertz CT molecular complexity index is 1160. The highest BCUT2D eigenvalue weighted by molar-refractivity contribution is 7.90. The van der Waals surface area contributed by atoms with Gasteiger partial charge in [0.15, 0.2) is 9.84 Å². The number of hydrogen-bond donors (Lipinski definition) is 2. The van der Waals surface area contributed by atoms with Gasteiger partial charge in [-0.1, -0.05) is 12.1 Å². The van der Waals surface area contributed by atoms with Gasteiger partial charge in [0.25, 0.3) is 0 Å².